The number of hydrogen-bond acceptors (Lipinski definition) is 15. The molecule has 0 fully saturated rings. The van der Waals surface area contributed by atoms with Crippen LogP contribution in [0.5, 0.6) is 0 Å². The molecule has 0 heterocycles. The lowest BCUT2D eigenvalue weighted by molar-refractivity contribution is -0.161. The Morgan fingerprint density at radius 1 is 0.255 bits per heavy atom. The first-order valence-corrected chi connectivity index (χ1v) is 45.0. The number of phosphoric ester groups is 2. The Labute approximate surface area is 666 Å². The zero-order chi connectivity index (χ0) is 80.3. The van der Waals surface area contributed by atoms with Gasteiger partial charge in [0.2, 0.25) is 0 Å². The predicted molar refractivity (Wildman–Crippen MR) is 454 cm³/mol. The summed E-state index contributed by atoms with van der Waals surface area (Å²) < 4.78 is 68.8. The molecule has 110 heavy (non-hydrogen) atoms. The van der Waals surface area contributed by atoms with Crippen molar-refractivity contribution in [3.05, 3.63) is 182 Å². The van der Waals surface area contributed by atoms with Gasteiger partial charge in [0, 0.05) is 25.7 Å². The summed E-state index contributed by atoms with van der Waals surface area (Å²) in [4.78, 5) is 73.3. The SMILES string of the molecule is CC/C=C\C/C=C\C/C=C\C/C=C\CCCCCCCCC(=O)OCC(COP(=O)(O)OCC(O)COP(=O)(O)OCC(COC(=O)CCCCCCCC/C=C\C/C=C\C/C=C\C/C=C\CC)OC(=O)CCCCCCC/C=C\C/C=C\C/C=C\CC)OC(=O)CCCCCC/C=C\C/C=C\C/C=C\C/C=C\CC. The first-order valence-electron chi connectivity index (χ1n) is 42.0. The molecule has 19 heteroatoms. The normalized spacial score (nSPS) is 14.7. The van der Waals surface area contributed by atoms with E-state index >= 15 is 0 Å². The number of rotatable bonds is 77. The molecule has 0 radical (unpaired) electrons. The summed E-state index contributed by atoms with van der Waals surface area (Å²) in [5.41, 5.74) is 0. The van der Waals surface area contributed by atoms with Crippen LogP contribution >= 0.6 is 15.6 Å². The number of aliphatic hydroxyl groups excluding tert-OH is 1. The molecule has 0 saturated heterocycles. The second kappa shape index (κ2) is 81.2. The van der Waals surface area contributed by atoms with Crippen molar-refractivity contribution < 1.29 is 80.2 Å². The molecule has 0 aromatic rings. The maximum atomic E-state index is 13.1. The fraction of sp³-hybridized carbons (Fsp3) is 0.626. The van der Waals surface area contributed by atoms with Crippen molar-refractivity contribution in [2.75, 3.05) is 39.6 Å². The zero-order valence-corrected chi connectivity index (χ0v) is 70.1. The van der Waals surface area contributed by atoms with Crippen molar-refractivity contribution in [1.29, 1.82) is 0 Å². The number of ether oxygens (including phenoxy) is 4. The smallest absolute Gasteiger partial charge is 0.462 e. The number of allylic oxidation sites excluding steroid dienone is 30. The molecule has 0 aromatic heterocycles. The Bertz CT molecular complexity index is 2800. The zero-order valence-electron chi connectivity index (χ0n) is 68.4. The van der Waals surface area contributed by atoms with Crippen LogP contribution in [0.4, 0.5) is 0 Å². The highest BCUT2D eigenvalue weighted by molar-refractivity contribution is 7.47. The second-order valence-corrected chi connectivity index (χ2v) is 30.1. The fourth-order valence-corrected chi connectivity index (χ4v) is 12.2. The molecule has 0 aliphatic heterocycles. The molecular weight excluding hydrogens is 1430 g/mol. The van der Waals surface area contributed by atoms with Crippen LogP contribution in [-0.4, -0.2) is 96.7 Å². The third-order valence-electron chi connectivity index (χ3n) is 16.9. The third-order valence-corrected chi connectivity index (χ3v) is 18.8. The molecule has 0 aromatic carbocycles. The van der Waals surface area contributed by atoms with E-state index in [4.69, 9.17) is 37.0 Å². The van der Waals surface area contributed by atoms with E-state index in [-0.39, 0.29) is 25.7 Å². The molecule has 17 nitrogen and oxygen atoms in total. The Morgan fingerprint density at radius 3 is 0.682 bits per heavy atom. The Balaban J connectivity index is 5.45. The van der Waals surface area contributed by atoms with Crippen LogP contribution < -0.4 is 0 Å². The molecule has 0 aliphatic carbocycles. The van der Waals surface area contributed by atoms with Gasteiger partial charge < -0.3 is 33.8 Å². The minimum Gasteiger partial charge on any atom is -0.462 e. The first-order chi connectivity index (χ1) is 53.7. The van der Waals surface area contributed by atoms with Crippen LogP contribution in [0.25, 0.3) is 0 Å². The number of aliphatic hydroxyl groups is 1. The first kappa shape index (κ1) is 104. The van der Waals surface area contributed by atoms with E-state index in [2.05, 4.69) is 210 Å². The van der Waals surface area contributed by atoms with E-state index in [0.717, 1.165) is 231 Å². The van der Waals surface area contributed by atoms with Gasteiger partial charge in [0.1, 0.15) is 19.3 Å². The van der Waals surface area contributed by atoms with Crippen molar-refractivity contribution in [3.8, 4) is 0 Å². The van der Waals surface area contributed by atoms with E-state index in [1.165, 1.54) is 0 Å². The third kappa shape index (κ3) is 80.2. The maximum absolute atomic E-state index is 13.1. The van der Waals surface area contributed by atoms with Crippen molar-refractivity contribution in [2.24, 2.45) is 0 Å². The van der Waals surface area contributed by atoms with Gasteiger partial charge in [0.15, 0.2) is 12.2 Å². The van der Waals surface area contributed by atoms with Crippen molar-refractivity contribution in [2.45, 2.75) is 329 Å². The number of unbranched alkanes of at least 4 members (excludes halogenated alkanes) is 21. The Hall–Kier alpha value is -5.84. The highest BCUT2D eigenvalue weighted by Gasteiger charge is 2.30. The van der Waals surface area contributed by atoms with Gasteiger partial charge in [-0.1, -0.05) is 293 Å². The van der Waals surface area contributed by atoms with Crippen LogP contribution in [0, 0.1) is 0 Å². The van der Waals surface area contributed by atoms with E-state index in [9.17, 15) is 43.2 Å². The summed E-state index contributed by atoms with van der Waals surface area (Å²) in [6.07, 6.45) is 98.5. The minimum absolute atomic E-state index is 0.0565. The summed E-state index contributed by atoms with van der Waals surface area (Å²) in [5.74, 6) is -2.26. The quantitative estimate of drug-likeness (QED) is 0.0169. The van der Waals surface area contributed by atoms with Crippen molar-refractivity contribution in [1.82, 2.24) is 0 Å². The molecule has 0 amide bonds. The molecule has 5 unspecified atom stereocenters. The molecule has 0 saturated carbocycles. The summed E-state index contributed by atoms with van der Waals surface area (Å²) >= 11 is 0. The van der Waals surface area contributed by atoms with Gasteiger partial charge >= 0.3 is 39.5 Å². The minimum atomic E-state index is -5.00. The lowest BCUT2D eigenvalue weighted by atomic mass is 10.1. The van der Waals surface area contributed by atoms with Crippen molar-refractivity contribution in [3.63, 3.8) is 0 Å². The molecule has 0 spiro atoms. The number of phosphoric acid groups is 2. The van der Waals surface area contributed by atoms with Crippen LogP contribution in [-0.2, 0) is 65.4 Å². The number of carbonyl (C=O) groups is 4. The molecule has 0 aliphatic rings. The van der Waals surface area contributed by atoms with Gasteiger partial charge in [-0.2, -0.15) is 0 Å². The number of hydrogen-bond donors (Lipinski definition) is 3. The summed E-state index contributed by atoms with van der Waals surface area (Å²) in [6.45, 7) is 4.35. The monoisotopic (exact) mass is 1580 g/mol. The van der Waals surface area contributed by atoms with E-state index < -0.39 is 97.5 Å². The average molecular weight is 1580 g/mol. The molecule has 0 rings (SSSR count). The van der Waals surface area contributed by atoms with Gasteiger partial charge in [-0.05, 0) is 173 Å². The summed E-state index contributed by atoms with van der Waals surface area (Å²) in [6, 6.07) is 0. The maximum Gasteiger partial charge on any atom is 0.472 e. The molecule has 5 atom stereocenters. The lowest BCUT2D eigenvalue weighted by Crippen LogP contribution is -2.30. The molecule has 0 bridgehead atoms. The number of carbonyl (C=O) groups excluding carboxylic acids is 4. The van der Waals surface area contributed by atoms with Gasteiger partial charge in [-0.25, -0.2) is 9.13 Å². The van der Waals surface area contributed by atoms with E-state index in [1.807, 2.05) is 0 Å². The standard InChI is InChI=1S/C91H148O17P2/c1-5-9-13-17-21-25-29-33-37-40-42-45-48-51-55-59-63-67-71-75-88(93)101-81-86(107-90(95)77-73-69-65-61-57-53-47-36-32-28-24-20-16-12-8-4)83-105-109(97,98)103-79-85(92)80-104-110(99,100)106-84-87(108-91(96)78-74-70-66-62-58-54-50-44-39-35-31-27-23-19-15-11-7-3)82-102-89(94)76-72-68-64-60-56-52-49-46-43-41-38-34-30-26-22-18-14-10-6-2/h9-16,21-28,33-39,42-43,45-47,50,54,85-87,92H,5-8,17-20,29-32,40-41,44,48-49,51-53,55-84H2,1-4H3,(H,97,98)(H,99,100)/b13-9-,14-10-,15-11-,16-12-,25-21-,26-22-,27-23-,28-24-,37-33-,38-34-,39-35-,45-42-,46-43-,47-36-,54-50-. The Kier molecular flexibility index (Phi) is 76.9. The van der Waals surface area contributed by atoms with Crippen LogP contribution in [0.1, 0.15) is 310 Å². The Morgan fingerprint density at radius 2 is 0.445 bits per heavy atom. The van der Waals surface area contributed by atoms with E-state index in [1.54, 1.807) is 0 Å². The van der Waals surface area contributed by atoms with Gasteiger partial charge in [0.05, 0.1) is 26.4 Å². The molecule has 624 valence electrons. The second-order valence-electron chi connectivity index (χ2n) is 27.2. The van der Waals surface area contributed by atoms with Crippen LogP contribution in [0.15, 0.2) is 182 Å². The summed E-state index contributed by atoms with van der Waals surface area (Å²) in [7, 11) is -10.0. The van der Waals surface area contributed by atoms with Gasteiger partial charge in [-0.3, -0.25) is 37.3 Å². The predicted octanol–water partition coefficient (Wildman–Crippen LogP) is 25.1. The van der Waals surface area contributed by atoms with Crippen LogP contribution in [0.3, 0.4) is 0 Å². The largest absolute Gasteiger partial charge is 0.472 e. The van der Waals surface area contributed by atoms with E-state index in [0.29, 0.717) is 25.7 Å². The fourth-order valence-electron chi connectivity index (χ4n) is 10.6. The molecule has 3 N–H and O–H groups in total. The lowest BCUT2D eigenvalue weighted by Gasteiger charge is -2.21. The highest BCUT2D eigenvalue weighted by atomic mass is 31.2. The van der Waals surface area contributed by atoms with Crippen molar-refractivity contribution >= 4 is 39.5 Å². The number of esters is 4. The van der Waals surface area contributed by atoms with Gasteiger partial charge in [-0.15, -0.1) is 0 Å². The molecular formula is C91H148O17P2. The van der Waals surface area contributed by atoms with Gasteiger partial charge in [0.25, 0.3) is 0 Å². The van der Waals surface area contributed by atoms with Crippen LogP contribution in [0.2, 0.25) is 0 Å². The average Bonchev–Trinajstić information content (AvgIpc) is 0.906. The highest BCUT2D eigenvalue weighted by Crippen LogP contribution is 2.45. The topological polar surface area (TPSA) is 237 Å². The summed E-state index contributed by atoms with van der Waals surface area (Å²) in [5, 5.41) is 10.7.